The summed E-state index contributed by atoms with van der Waals surface area (Å²) in [5.74, 6) is 0.909. The third kappa shape index (κ3) is 3.76. The summed E-state index contributed by atoms with van der Waals surface area (Å²) < 4.78 is 0. The molecule has 1 heterocycles. The van der Waals surface area contributed by atoms with Gasteiger partial charge >= 0.3 is 0 Å². The van der Waals surface area contributed by atoms with Gasteiger partial charge in [-0.3, -0.25) is 4.90 Å². The molecule has 0 radical (unpaired) electrons. The van der Waals surface area contributed by atoms with E-state index in [0.717, 1.165) is 18.6 Å². The van der Waals surface area contributed by atoms with Crippen LogP contribution in [-0.4, -0.2) is 30.7 Å². The number of hydrogen-bond acceptors (Lipinski definition) is 2. The first-order chi connectivity index (χ1) is 7.34. The van der Waals surface area contributed by atoms with E-state index in [-0.39, 0.29) is 0 Å². The van der Waals surface area contributed by atoms with Crippen molar-refractivity contribution in [1.82, 2.24) is 10.2 Å². The molecule has 1 N–H and O–H groups in total. The van der Waals surface area contributed by atoms with E-state index < -0.39 is 0 Å². The number of nitrogens with one attached hydrogen (secondary N) is 1. The van der Waals surface area contributed by atoms with Gasteiger partial charge in [0.1, 0.15) is 0 Å². The predicted octanol–water partition coefficient (Wildman–Crippen LogP) is 2.60. The molecule has 0 bridgehead atoms. The van der Waals surface area contributed by atoms with Crippen LogP contribution in [0.15, 0.2) is 0 Å². The minimum absolute atomic E-state index is 0.816. The van der Waals surface area contributed by atoms with Crippen molar-refractivity contribution < 1.29 is 0 Å². The monoisotopic (exact) mass is 210 g/mol. The van der Waals surface area contributed by atoms with Crippen molar-refractivity contribution in [3.8, 4) is 0 Å². The van der Waals surface area contributed by atoms with E-state index in [9.17, 15) is 0 Å². The second-order valence-corrected chi connectivity index (χ2v) is 5.52. The molecule has 1 saturated heterocycles. The highest BCUT2D eigenvalue weighted by atomic mass is 15.2. The van der Waals surface area contributed by atoms with Crippen LogP contribution in [0.4, 0.5) is 0 Å². The molecule has 0 amide bonds. The van der Waals surface area contributed by atoms with E-state index in [0.29, 0.717) is 0 Å². The van der Waals surface area contributed by atoms with Gasteiger partial charge in [-0.2, -0.15) is 0 Å². The Morgan fingerprint density at radius 1 is 1.07 bits per heavy atom. The van der Waals surface area contributed by atoms with Crippen molar-refractivity contribution in [2.24, 2.45) is 5.92 Å². The Kier molecular flexibility index (Phi) is 4.45. The zero-order valence-electron chi connectivity index (χ0n) is 10.2. The van der Waals surface area contributed by atoms with Crippen molar-refractivity contribution in [3.63, 3.8) is 0 Å². The lowest BCUT2D eigenvalue weighted by Crippen LogP contribution is -2.44. The number of piperidine rings is 1. The van der Waals surface area contributed by atoms with Crippen LogP contribution in [0.5, 0.6) is 0 Å². The topological polar surface area (TPSA) is 15.3 Å². The molecule has 0 aromatic heterocycles. The Morgan fingerprint density at radius 2 is 1.87 bits per heavy atom. The van der Waals surface area contributed by atoms with E-state index in [2.05, 4.69) is 17.1 Å². The number of nitrogens with zero attached hydrogens (tertiary/aromatic N) is 1. The molecule has 1 saturated carbocycles. The van der Waals surface area contributed by atoms with Gasteiger partial charge < -0.3 is 5.32 Å². The molecule has 0 aromatic rings. The van der Waals surface area contributed by atoms with Crippen LogP contribution in [0.1, 0.15) is 51.9 Å². The van der Waals surface area contributed by atoms with E-state index in [1.165, 1.54) is 58.0 Å². The summed E-state index contributed by atoms with van der Waals surface area (Å²) in [6.45, 7) is 6.13. The fourth-order valence-electron chi connectivity index (χ4n) is 3.00. The van der Waals surface area contributed by atoms with Crippen molar-refractivity contribution in [2.75, 3.05) is 19.8 Å². The average molecular weight is 210 g/mol. The first kappa shape index (κ1) is 11.4. The fraction of sp³-hybridized carbons (Fsp3) is 1.00. The maximum absolute atomic E-state index is 3.74. The Hall–Kier alpha value is -0.0800. The van der Waals surface area contributed by atoms with E-state index in [1.807, 2.05) is 0 Å². The van der Waals surface area contributed by atoms with Crippen LogP contribution in [0.3, 0.4) is 0 Å². The largest absolute Gasteiger partial charge is 0.302 e. The zero-order valence-corrected chi connectivity index (χ0v) is 10.2. The molecular weight excluding hydrogens is 184 g/mol. The summed E-state index contributed by atoms with van der Waals surface area (Å²) in [6.07, 6.45) is 9.97. The molecule has 2 heteroatoms. The number of likely N-dealkylation sites (tertiary alicyclic amines) is 1. The molecule has 88 valence electrons. The molecule has 2 rings (SSSR count). The third-order valence-electron chi connectivity index (χ3n) is 3.95. The molecule has 1 unspecified atom stereocenters. The maximum Gasteiger partial charge on any atom is 0.0482 e. The third-order valence-corrected chi connectivity index (χ3v) is 3.95. The molecule has 2 fully saturated rings. The molecule has 1 aliphatic carbocycles. The quantitative estimate of drug-likeness (QED) is 0.770. The second kappa shape index (κ2) is 5.86. The smallest absolute Gasteiger partial charge is 0.0482 e. The zero-order chi connectivity index (χ0) is 10.5. The molecule has 1 aliphatic heterocycles. The van der Waals surface area contributed by atoms with Crippen molar-refractivity contribution >= 4 is 0 Å². The van der Waals surface area contributed by atoms with Gasteiger partial charge in [0.05, 0.1) is 0 Å². The van der Waals surface area contributed by atoms with Crippen LogP contribution in [-0.2, 0) is 0 Å². The summed E-state index contributed by atoms with van der Waals surface area (Å²) >= 11 is 0. The summed E-state index contributed by atoms with van der Waals surface area (Å²) in [6, 6.07) is 0.816. The molecule has 15 heavy (non-hydrogen) atoms. The Labute approximate surface area is 94.4 Å². The Bertz CT molecular complexity index is 175. The van der Waals surface area contributed by atoms with Gasteiger partial charge in [-0.05, 0) is 38.1 Å². The first-order valence-corrected chi connectivity index (χ1v) is 6.80. The normalized spacial score (nSPS) is 30.6. The Balaban J connectivity index is 1.63. The lowest BCUT2D eigenvalue weighted by molar-refractivity contribution is 0.159. The van der Waals surface area contributed by atoms with Crippen molar-refractivity contribution in [2.45, 2.75) is 57.9 Å². The standard InChI is InChI=1S/C13H26N2/c1-12-6-5-9-15(10-12)11-14-13-7-3-2-4-8-13/h12-14H,2-11H2,1H3. The molecule has 0 spiro atoms. The van der Waals surface area contributed by atoms with Crippen LogP contribution in [0.25, 0.3) is 0 Å². The fourth-order valence-corrected chi connectivity index (χ4v) is 3.00. The highest BCUT2D eigenvalue weighted by Crippen LogP contribution is 2.18. The van der Waals surface area contributed by atoms with Crippen LogP contribution >= 0.6 is 0 Å². The predicted molar refractivity (Wildman–Crippen MR) is 64.8 cm³/mol. The molecular formula is C13H26N2. The van der Waals surface area contributed by atoms with Crippen LogP contribution < -0.4 is 5.32 Å². The molecule has 2 aliphatic rings. The highest BCUT2D eigenvalue weighted by Gasteiger charge is 2.18. The number of hydrogen-bond donors (Lipinski definition) is 1. The van der Waals surface area contributed by atoms with Gasteiger partial charge in [-0.1, -0.05) is 26.2 Å². The summed E-state index contributed by atoms with van der Waals surface area (Å²) in [4.78, 5) is 2.60. The van der Waals surface area contributed by atoms with E-state index in [4.69, 9.17) is 0 Å². The summed E-state index contributed by atoms with van der Waals surface area (Å²) in [7, 11) is 0. The van der Waals surface area contributed by atoms with Crippen molar-refractivity contribution in [3.05, 3.63) is 0 Å². The highest BCUT2D eigenvalue weighted by molar-refractivity contribution is 4.74. The summed E-state index contributed by atoms with van der Waals surface area (Å²) in [5.41, 5.74) is 0. The van der Waals surface area contributed by atoms with Crippen LogP contribution in [0.2, 0.25) is 0 Å². The van der Waals surface area contributed by atoms with Gasteiger partial charge in [-0.25, -0.2) is 0 Å². The SMILES string of the molecule is CC1CCCN(CNC2CCCCC2)C1. The first-order valence-electron chi connectivity index (χ1n) is 6.80. The lowest BCUT2D eigenvalue weighted by Gasteiger charge is -2.33. The molecule has 1 atom stereocenters. The second-order valence-electron chi connectivity index (χ2n) is 5.52. The van der Waals surface area contributed by atoms with Gasteiger partial charge in [0, 0.05) is 19.3 Å². The van der Waals surface area contributed by atoms with Gasteiger partial charge in [-0.15, -0.1) is 0 Å². The lowest BCUT2D eigenvalue weighted by atomic mass is 9.95. The Morgan fingerprint density at radius 3 is 2.60 bits per heavy atom. The van der Waals surface area contributed by atoms with Crippen molar-refractivity contribution in [1.29, 1.82) is 0 Å². The minimum Gasteiger partial charge on any atom is -0.302 e. The van der Waals surface area contributed by atoms with E-state index >= 15 is 0 Å². The van der Waals surface area contributed by atoms with Gasteiger partial charge in [0.2, 0.25) is 0 Å². The summed E-state index contributed by atoms with van der Waals surface area (Å²) in [5, 5.41) is 3.74. The van der Waals surface area contributed by atoms with E-state index in [1.54, 1.807) is 0 Å². The van der Waals surface area contributed by atoms with Crippen LogP contribution in [0, 0.1) is 5.92 Å². The molecule has 2 nitrogen and oxygen atoms in total. The van der Waals surface area contributed by atoms with Gasteiger partial charge in [0.15, 0.2) is 0 Å². The average Bonchev–Trinajstić information content (AvgIpc) is 2.28. The molecule has 0 aromatic carbocycles. The minimum atomic E-state index is 0.816. The van der Waals surface area contributed by atoms with Gasteiger partial charge in [0.25, 0.3) is 0 Å². The number of rotatable bonds is 3. The maximum atomic E-state index is 3.74.